The smallest absolute Gasteiger partial charge is 0.313 e. The molecule has 23 heavy (non-hydrogen) atoms. The summed E-state index contributed by atoms with van der Waals surface area (Å²) >= 11 is 0. The largest absolute Gasteiger partial charge is 0.481 e. The molecule has 0 aromatic carbocycles. The summed E-state index contributed by atoms with van der Waals surface area (Å²) in [6.07, 6.45) is 5.44. The van der Waals surface area contributed by atoms with E-state index in [0.29, 0.717) is 12.5 Å². The van der Waals surface area contributed by atoms with Crippen LogP contribution in [0.5, 0.6) is 0 Å². The van der Waals surface area contributed by atoms with E-state index < -0.39 is 21.4 Å². The number of hydrogen-bond acceptors (Lipinski definition) is 6. The predicted octanol–water partition coefficient (Wildman–Crippen LogP) is -0.179. The van der Waals surface area contributed by atoms with Crippen LogP contribution in [0, 0.1) is 11.3 Å². The summed E-state index contributed by atoms with van der Waals surface area (Å²) in [5.74, 6) is -0.714. The van der Waals surface area contributed by atoms with Crippen molar-refractivity contribution in [3.8, 4) is 0 Å². The lowest BCUT2D eigenvalue weighted by molar-refractivity contribution is -0.148. The van der Waals surface area contributed by atoms with E-state index in [0.717, 1.165) is 18.2 Å². The minimum atomic E-state index is -3.39. The molecular weight excluding hydrogens is 320 g/mol. The molecule has 0 radical (unpaired) electrons. The SMILES string of the molecule is CCc1cnc(N2C[C@@H]3CN(S(C)(=O)=O)C[C@]3(C(=O)O)C2)nc1. The molecule has 1 aromatic rings. The zero-order valence-electron chi connectivity index (χ0n) is 13.1. The standard InChI is InChI=1S/C14H20N4O4S/c1-3-10-4-15-13(16-5-10)17-6-11-7-18(23(2,21)22)9-14(11,8-17)12(19)20/h4-5,11H,3,6-9H2,1-2H3,(H,19,20)/t11-,14-/m1/s1. The molecule has 2 fully saturated rings. The van der Waals surface area contributed by atoms with Gasteiger partial charge in [-0.2, -0.15) is 0 Å². The number of sulfonamides is 1. The number of aryl methyl sites for hydroxylation is 1. The number of fused-ring (bicyclic) bond motifs is 1. The fourth-order valence-electron chi connectivity index (χ4n) is 3.42. The molecule has 8 nitrogen and oxygen atoms in total. The van der Waals surface area contributed by atoms with Crippen molar-refractivity contribution in [1.82, 2.24) is 14.3 Å². The molecular formula is C14H20N4O4S. The molecule has 0 saturated carbocycles. The number of carboxylic acids is 1. The maximum atomic E-state index is 11.9. The number of carbonyl (C=O) groups is 1. The molecule has 1 aromatic heterocycles. The van der Waals surface area contributed by atoms with Gasteiger partial charge in [0, 0.05) is 44.5 Å². The van der Waals surface area contributed by atoms with E-state index in [4.69, 9.17) is 0 Å². The molecule has 0 bridgehead atoms. The summed E-state index contributed by atoms with van der Waals surface area (Å²) < 4.78 is 24.8. The number of hydrogen-bond donors (Lipinski definition) is 1. The van der Waals surface area contributed by atoms with Gasteiger partial charge < -0.3 is 10.0 Å². The first-order chi connectivity index (χ1) is 10.8. The lowest BCUT2D eigenvalue weighted by Gasteiger charge is -2.24. The first-order valence-corrected chi connectivity index (χ1v) is 9.35. The molecule has 2 aliphatic rings. The van der Waals surface area contributed by atoms with Crippen molar-refractivity contribution in [1.29, 1.82) is 0 Å². The molecule has 3 heterocycles. The van der Waals surface area contributed by atoms with E-state index >= 15 is 0 Å². The second-order valence-electron chi connectivity index (χ2n) is 6.34. The predicted molar refractivity (Wildman–Crippen MR) is 83.6 cm³/mol. The highest BCUT2D eigenvalue weighted by Gasteiger charge is 2.59. The fraction of sp³-hybridized carbons (Fsp3) is 0.643. The van der Waals surface area contributed by atoms with Crippen molar-refractivity contribution in [2.45, 2.75) is 13.3 Å². The van der Waals surface area contributed by atoms with Gasteiger partial charge in [-0.15, -0.1) is 0 Å². The van der Waals surface area contributed by atoms with E-state index in [9.17, 15) is 18.3 Å². The van der Waals surface area contributed by atoms with E-state index in [1.165, 1.54) is 4.31 Å². The highest BCUT2D eigenvalue weighted by atomic mass is 32.2. The molecule has 3 rings (SSSR count). The second kappa shape index (κ2) is 5.41. The van der Waals surface area contributed by atoms with Crippen LogP contribution in [0.3, 0.4) is 0 Å². The summed E-state index contributed by atoms with van der Waals surface area (Å²) in [5.41, 5.74) is -0.0695. The fourth-order valence-corrected chi connectivity index (χ4v) is 4.34. The van der Waals surface area contributed by atoms with Gasteiger partial charge in [0.25, 0.3) is 0 Å². The van der Waals surface area contributed by atoms with Crippen LogP contribution in [0.15, 0.2) is 12.4 Å². The van der Waals surface area contributed by atoms with Gasteiger partial charge in [-0.3, -0.25) is 4.79 Å². The van der Waals surface area contributed by atoms with Crippen LogP contribution in [0.2, 0.25) is 0 Å². The average Bonchev–Trinajstić information content (AvgIpc) is 3.02. The average molecular weight is 340 g/mol. The van der Waals surface area contributed by atoms with Gasteiger partial charge in [0.1, 0.15) is 5.41 Å². The Morgan fingerprint density at radius 3 is 2.48 bits per heavy atom. The third kappa shape index (κ3) is 2.67. The summed E-state index contributed by atoms with van der Waals surface area (Å²) in [6.45, 7) is 2.93. The second-order valence-corrected chi connectivity index (χ2v) is 8.32. The van der Waals surface area contributed by atoms with Gasteiger partial charge in [0.05, 0.1) is 6.26 Å². The number of aromatic nitrogens is 2. The maximum Gasteiger partial charge on any atom is 0.313 e. The van der Waals surface area contributed by atoms with Crippen LogP contribution in [-0.2, 0) is 21.2 Å². The van der Waals surface area contributed by atoms with Gasteiger partial charge in [-0.1, -0.05) is 6.92 Å². The minimum Gasteiger partial charge on any atom is -0.481 e. The first-order valence-electron chi connectivity index (χ1n) is 7.50. The molecule has 2 aliphatic heterocycles. The summed E-state index contributed by atoms with van der Waals surface area (Å²) in [5, 5.41) is 9.72. The van der Waals surface area contributed by atoms with Crippen molar-refractivity contribution >= 4 is 21.9 Å². The van der Waals surface area contributed by atoms with Gasteiger partial charge in [-0.25, -0.2) is 22.7 Å². The van der Waals surface area contributed by atoms with Crippen LogP contribution < -0.4 is 4.90 Å². The molecule has 1 N–H and O–H groups in total. The molecule has 126 valence electrons. The molecule has 0 unspecified atom stereocenters. The third-order valence-corrected chi connectivity index (χ3v) is 6.07. The van der Waals surface area contributed by atoms with Gasteiger partial charge in [0.15, 0.2) is 0 Å². The van der Waals surface area contributed by atoms with Crippen LogP contribution in [0.4, 0.5) is 5.95 Å². The molecule has 0 spiro atoms. The number of rotatable bonds is 4. The van der Waals surface area contributed by atoms with E-state index in [1.54, 1.807) is 12.4 Å². The van der Waals surface area contributed by atoms with Crippen LogP contribution >= 0.6 is 0 Å². The number of aliphatic carboxylic acids is 1. The summed E-state index contributed by atoms with van der Waals surface area (Å²) in [4.78, 5) is 22.3. The zero-order valence-corrected chi connectivity index (χ0v) is 14.0. The Balaban J connectivity index is 1.85. The quantitative estimate of drug-likeness (QED) is 0.811. The zero-order chi connectivity index (χ0) is 16.8. The lowest BCUT2D eigenvalue weighted by Crippen LogP contribution is -2.42. The number of carboxylic acid groups (broad SMARTS) is 1. The van der Waals surface area contributed by atoms with Crippen molar-refractivity contribution in [2.75, 3.05) is 37.3 Å². The van der Waals surface area contributed by atoms with Crippen molar-refractivity contribution in [2.24, 2.45) is 11.3 Å². The third-order valence-electron chi connectivity index (χ3n) is 4.86. The van der Waals surface area contributed by atoms with Crippen LogP contribution in [-0.4, -0.2) is 66.2 Å². The Morgan fingerprint density at radius 2 is 2.00 bits per heavy atom. The van der Waals surface area contributed by atoms with Gasteiger partial charge in [-0.05, 0) is 12.0 Å². The number of nitrogens with zero attached hydrogens (tertiary/aromatic N) is 4. The first kappa shape index (κ1) is 16.1. The van der Waals surface area contributed by atoms with E-state index in [2.05, 4.69) is 9.97 Å². The number of anilines is 1. The van der Waals surface area contributed by atoms with E-state index in [-0.39, 0.29) is 25.6 Å². The highest BCUT2D eigenvalue weighted by Crippen LogP contribution is 2.44. The Kier molecular flexibility index (Phi) is 3.80. The Bertz CT molecular complexity index is 721. The van der Waals surface area contributed by atoms with Gasteiger partial charge >= 0.3 is 5.97 Å². The van der Waals surface area contributed by atoms with Crippen molar-refractivity contribution < 1.29 is 18.3 Å². The Labute approximate surface area is 135 Å². The van der Waals surface area contributed by atoms with Crippen molar-refractivity contribution in [3.63, 3.8) is 0 Å². The normalized spacial score (nSPS) is 28.1. The molecule has 0 aliphatic carbocycles. The Hall–Kier alpha value is -1.74. The topological polar surface area (TPSA) is 104 Å². The molecule has 2 saturated heterocycles. The summed E-state index contributed by atoms with van der Waals surface area (Å²) in [6, 6.07) is 0. The van der Waals surface area contributed by atoms with Crippen LogP contribution in [0.25, 0.3) is 0 Å². The molecule has 0 amide bonds. The maximum absolute atomic E-state index is 11.9. The van der Waals surface area contributed by atoms with Gasteiger partial charge in [0.2, 0.25) is 16.0 Å². The van der Waals surface area contributed by atoms with Crippen LogP contribution in [0.1, 0.15) is 12.5 Å². The minimum absolute atomic E-state index is 0.00930. The summed E-state index contributed by atoms with van der Waals surface area (Å²) in [7, 11) is -3.39. The monoisotopic (exact) mass is 340 g/mol. The molecule has 2 atom stereocenters. The van der Waals surface area contributed by atoms with Crippen molar-refractivity contribution in [3.05, 3.63) is 18.0 Å². The Morgan fingerprint density at radius 1 is 1.35 bits per heavy atom. The highest BCUT2D eigenvalue weighted by molar-refractivity contribution is 7.88. The lowest BCUT2D eigenvalue weighted by atomic mass is 9.81. The van der Waals surface area contributed by atoms with E-state index in [1.807, 2.05) is 11.8 Å². The molecule has 9 heteroatoms.